The number of hydrogen-bond donors (Lipinski definition) is 1. The van der Waals surface area contributed by atoms with Crippen LogP contribution in [0.15, 0.2) is 36.0 Å². The van der Waals surface area contributed by atoms with Crippen LogP contribution >= 0.6 is 0 Å². The fourth-order valence-corrected chi connectivity index (χ4v) is 6.30. The van der Waals surface area contributed by atoms with E-state index in [2.05, 4.69) is 26.5 Å². The topological polar surface area (TPSA) is 108 Å². The third-order valence-electron chi connectivity index (χ3n) is 8.32. The second-order valence-electron chi connectivity index (χ2n) is 10.7. The van der Waals surface area contributed by atoms with Crippen LogP contribution in [-0.2, 0) is 33.3 Å². The minimum atomic E-state index is -1.17. The number of ether oxygens (including phenoxy) is 4. The predicted molar refractivity (Wildman–Crippen MR) is 132 cm³/mol. The summed E-state index contributed by atoms with van der Waals surface area (Å²) in [5.74, 6) is -1.70. The van der Waals surface area contributed by atoms with E-state index in [0.29, 0.717) is 31.3 Å². The van der Waals surface area contributed by atoms with E-state index in [1.54, 1.807) is 12.2 Å². The van der Waals surface area contributed by atoms with E-state index in [1.165, 1.54) is 13.8 Å². The van der Waals surface area contributed by atoms with Crippen LogP contribution in [0.25, 0.3) is 0 Å². The Bertz CT molecular complexity index is 951. The Balaban J connectivity index is 2.21. The molecule has 3 aliphatic rings. The predicted octanol–water partition coefficient (Wildman–Crippen LogP) is 4.37. The maximum absolute atomic E-state index is 12.5. The summed E-state index contributed by atoms with van der Waals surface area (Å²) in [5, 5.41) is 11.7. The van der Waals surface area contributed by atoms with Gasteiger partial charge >= 0.3 is 17.9 Å². The van der Waals surface area contributed by atoms with Crippen molar-refractivity contribution < 1.29 is 38.4 Å². The van der Waals surface area contributed by atoms with Crippen molar-refractivity contribution in [1.29, 1.82) is 0 Å². The number of carbonyl (C=O) groups is 3. The molecule has 1 heterocycles. The maximum atomic E-state index is 12.5. The first-order valence-electron chi connectivity index (χ1n) is 12.8. The van der Waals surface area contributed by atoms with Gasteiger partial charge in [-0.3, -0.25) is 19.1 Å². The highest BCUT2D eigenvalue weighted by atomic mass is 16.8. The van der Waals surface area contributed by atoms with Gasteiger partial charge in [0.05, 0.1) is 11.5 Å². The molecule has 0 radical (unpaired) electrons. The van der Waals surface area contributed by atoms with Crippen molar-refractivity contribution in [2.75, 3.05) is 0 Å². The van der Waals surface area contributed by atoms with Crippen molar-refractivity contribution in [3.8, 4) is 0 Å². The van der Waals surface area contributed by atoms with Gasteiger partial charge in [-0.05, 0) is 55.9 Å². The molecule has 0 unspecified atom stereocenters. The highest BCUT2D eigenvalue weighted by Crippen LogP contribution is 2.67. The Kier molecular flexibility index (Phi) is 8.51. The molecular weight excluding hydrogens is 464 g/mol. The monoisotopic (exact) mass is 504 g/mol. The molecule has 1 saturated heterocycles. The second kappa shape index (κ2) is 10.9. The lowest BCUT2D eigenvalue weighted by Crippen LogP contribution is -2.63. The summed E-state index contributed by atoms with van der Waals surface area (Å²) >= 11 is 0. The zero-order valence-electron chi connectivity index (χ0n) is 22.2. The smallest absolute Gasteiger partial charge is 0.306 e. The highest BCUT2D eigenvalue weighted by Gasteiger charge is 2.71. The standard InChI is InChI=1S/C28H40O8/c1-8-10-24(32)35-20-14-21-25(33-18(5)29)36-26(34-19(6)30)28(21)22(15-20)27(7,12-11-16(3)9-2)17(4)13-23(28)31/h9,11,14,17,20,22-23,25-26,31H,2,8,10,12-13,15H2,1,3-7H3/b16-11-/t17-,20+,22+,23+,25+,26-,27-,28-/m1/s1. The van der Waals surface area contributed by atoms with Gasteiger partial charge in [-0.25, -0.2) is 0 Å². The SMILES string of the molecule is C=C/C(C)=C\C[C@]1(C)[C@H](C)C[C@H](O)[C@@]23C(=C[C@H](OC(=O)CCC)C[C@@H]12)[C@@H](OC(C)=O)O[C@H]3OC(C)=O. The zero-order valence-corrected chi connectivity index (χ0v) is 22.2. The van der Waals surface area contributed by atoms with Crippen molar-refractivity contribution >= 4 is 17.9 Å². The average Bonchev–Trinajstić information content (AvgIpc) is 3.08. The third kappa shape index (κ3) is 5.02. The van der Waals surface area contributed by atoms with Gasteiger partial charge in [0.1, 0.15) is 6.10 Å². The number of hydrogen-bond acceptors (Lipinski definition) is 8. The van der Waals surface area contributed by atoms with Crippen LogP contribution in [0.5, 0.6) is 0 Å². The Morgan fingerprint density at radius 3 is 2.42 bits per heavy atom. The number of rotatable bonds is 8. The summed E-state index contributed by atoms with van der Waals surface area (Å²) in [4.78, 5) is 36.6. The molecule has 0 aromatic rings. The van der Waals surface area contributed by atoms with Crippen LogP contribution in [0.1, 0.15) is 73.6 Å². The Morgan fingerprint density at radius 2 is 1.83 bits per heavy atom. The number of aliphatic hydroxyl groups excluding tert-OH is 1. The lowest BCUT2D eigenvalue weighted by Gasteiger charge is -2.60. The minimum Gasteiger partial charge on any atom is -0.458 e. The fraction of sp³-hybridized carbons (Fsp3) is 0.679. The molecule has 3 rings (SSSR count). The van der Waals surface area contributed by atoms with Crippen molar-refractivity contribution in [2.24, 2.45) is 22.7 Å². The molecule has 0 aromatic heterocycles. The van der Waals surface area contributed by atoms with E-state index in [0.717, 1.165) is 5.57 Å². The maximum Gasteiger partial charge on any atom is 0.306 e. The van der Waals surface area contributed by atoms with Crippen LogP contribution in [0.2, 0.25) is 0 Å². The van der Waals surface area contributed by atoms with Crippen LogP contribution < -0.4 is 0 Å². The summed E-state index contributed by atoms with van der Waals surface area (Å²) in [5.41, 5.74) is -0.0373. The summed E-state index contributed by atoms with van der Waals surface area (Å²) in [7, 11) is 0. The van der Waals surface area contributed by atoms with Gasteiger partial charge in [0, 0.05) is 25.8 Å². The van der Waals surface area contributed by atoms with E-state index >= 15 is 0 Å². The molecule has 8 heteroatoms. The molecule has 0 amide bonds. The summed E-state index contributed by atoms with van der Waals surface area (Å²) < 4.78 is 23.0. The first-order chi connectivity index (χ1) is 16.9. The molecule has 1 spiro atoms. The van der Waals surface area contributed by atoms with Gasteiger partial charge in [-0.15, -0.1) is 0 Å². The number of esters is 3. The largest absolute Gasteiger partial charge is 0.458 e. The number of carbonyl (C=O) groups excluding carboxylic acids is 3. The number of aliphatic hydroxyl groups is 1. The lowest BCUT2D eigenvalue weighted by molar-refractivity contribution is -0.254. The third-order valence-corrected chi connectivity index (χ3v) is 8.32. The fourth-order valence-electron chi connectivity index (χ4n) is 6.30. The molecule has 0 bridgehead atoms. The molecule has 2 aliphatic carbocycles. The Labute approximate surface area is 213 Å². The quantitative estimate of drug-likeness (QED) is 0.225. The molecule has 0 aromatic carbocycles. The van der Waals surface area contributed by atoms with Gasteiger partial charge in [0.25, 0.3) is 0 Å². The molecule has 8 atom stereocenters. The van der Waals surface area contributed by atoms with Crippen LogP contribution in [0.4, 0.5) is 0 Å². The highest BCUT2D eigenvalue weighted by molar-refractivity contribution is 5.70. The molecule has 1 N–H and O–H groups in total. The lowest BCUT2D eigenvalue weighted by atomic mass is 9.45. The Hall–Kier alpha value is -2.45. The molecule has 200 valence electrons. The van der Waals surface area contributed by atoms with Crippen LogP contribution in [0, 0.1) is 22.7 Å². The van der Waals surface area contributed by atoms with Gasteiger partial charge in [0.15, 0.2) is 0 Å². The van der Waals surface area contributed by atoms with Crippen molar-refractivity contribution in [2.45, 2.75) is 98.4 Å². The van der Waals surface area contributed by atoms with Gasteiger partial charge < -0.3 is 19.3 Å². The molecule has 1 saturated carbocycles. The van der Waals surface area contributed by atoms with Crippen LogP contribution in [0.3, 0.4) is 0 Å². The van der Waals surface area contributed by atoms with E-state index in [4.69, 9.17) is 18.9 Å². The first kappa shape index (κ1) is 28.1. The molecular formula is C28H40O8. The minimum absolute atomic E-state index is 0.0779. The first-order valence-corrected chi connectivity index (χ1v) is 12.8. The van der Waals surface area contributed by atoms with Crippen molar-refractivity contribution in [1.82, 2.24) is 0 Å². The van der Waals surface area contributed by atoms with Gasteiger partial charge in [-0.1, -0.05) is 45.1 Å². The van der Waals surface area contributed by atoms with Crippen molar-refractivity contribution in [3.05, 3.63) is 36.0 Å². The summed E-state index contributed by atoms with van der Waals surface area (Å²) in [6, 6.07) is 0. The summed E-state index contributed by atoms with van der Waals surface area (Å²) in [6.45, 7) is 14.5. The molecule has 8 nitrogen and oxygen atoms in total. The second-order valence-corrected chi connectivity index (χ2v) is 10.7. The van der Waals surface area contributed by atoms with E-state index in [1.807, 2.05) is 13.8 Å². The van der Waals surface area contributed by atoms with E-state index in [9.17, 15) is 19.5 Å². The molecule has 36 heavy (non-hydrogen) atoms. The number of allylic oxidation sites excluding steroid dienone is 3. The van der Waals surface area contributed by atoms with E-state index < -0.39 is 47.6 Å². The zero-order chi connectivity index (χ0) is 26.8. The van der Waals surface area contributed by atoms with E-state index in [-0.39, 0.29) is 24.2 Å². The molecule has 1 aliphatic heterocycles. The van der Waals surface area contributed by atoms with Gasteiger partial charge in [0.2, 0.25) is 12.6 Å². The average molecular weight is 505 g/mol. The van der Waals surface area contributed by atoms with Gasteiger partial charge in [-0.2, -0.15) is 0 Å². The normalized spacial score (nSPS) is 37.8. The molecule has 2 fully saturated rings. The van der Waals surface area contributed by atoms with Crippen molar-refractivity contribution in [3.63, 3.8) is 0 Å². The Morgan fingerprint density at radius 1 is 1.17 bits per heavy atom. The summed E-state index contributed by atoms with van der Waals surface area (Å²) in [6.07, 6.45) is 4.22. The van der Waals surface area contributed by atoms with Crippen LogP contribution in [-0.4, -0.2) is 47.8 Å².